The monoisotopic (exact) mass is 388 g/mol. The Labute approximate surface area is 164 Å². The van der Waals surface area contributed by atoms with Crippen LogP contribution in [0.15, 0.2) is 24.3 Å². The molecule has 0 aliphatic carbocycles. The molecule has 1 aromatic rings. The molecule has 1 saturated heterocycles. The molecule has 1 atom stereocenters. The molecule has 0 bridgehead atoms. The van der Waals surface area contributed by atoms with E-state index in [4.69, 9.17) is 10.1 Å². The van der Waals surface area contributed by atoms with E-state index in [1.165, 1.54) is 0 Å². The Balaban J connectivity index is 2.04. The van der Waals surface area contributed by atoms with Crippen molar-refractivity contribution in [3.05, 3.63) is 35.4 Å². The van der Waals surface area contributed by atoms with Gasteiger partial charge in [0.25, 0.3) is 0 Å². The number of piperidine rings is 1. The summed E-state index contributed by atoms with van der Waals surface area (Å²) >= 11 is 0. The molecule has 1 aliphatic heterocycles. The number of ketones is 1. The minimum absolute atomic E-state index is 0.0141. The number of likely N-dealkylation sites (tertiary alicyclic amines) is 1. The molecule has 1 heterocycles. The van der Waals surface area contributed by atoms with Crippen molar-refractivity contribution in [2.24, 2.45) is 5.92 Å². The van der Waals surface area contributed by atoms with Crippen molar-refractivity contribution in [3.8, 4) is 0 Å². The third-order valence-corrected chi connectivity index (χ3v) is 4.67. The number of benzene rings is 1. The number of alkyl carbamates (subject to hydrolysis) is 1. The van der Waals surface area contributed by atoms with Crippen molar-refractivity contribution >= 4 is 23.6 Å². The molecule has 28 heavy (non-hydrogen) atoms. The summed E-state index contributed by atoms with van der Waals surface area (Å²) in [7, 11) is 0. The first-order valence-corrected chi connectivity index (χ1v) is 9.43. The predicted octanol–water partition coefficient (Wildman–Crippen LogP) is 2.39. The van der Waals surface area contributed by atoms with Crippen molar-refractivity contribution < 1.29 is 24.2 Å². The summed E-state index contributed by atoms with van der Waals surface area (Å²) in [6, 6.07) is 6.46. The zero-order valence-corrected chi connectivity index (χ0v) is 16.2. The number of rotatable bonds is 6. The van der Waals surface area contributed by atoms with Gasteiger partial charge in [0.05, 0.1) is 12.7 Å². The van der Waals surface area contributed by atoms with Gasteiger partial charge >= 0.3 is 6.09 Å². The van der Waals surface area contributed by atoms with Crippen LogP contribution in [0.25, 0.3) is 0 Å². The highest BCUT2D eigenvalue weighted by atomic mass is 16.5. The maximum absolute atomic E-state index is 12.8. The normalized spacial score (nSPS) is 15.6. The highest BCUT2D eigenvalue weighted by molar-refractivity contribution is 6.12. The Hall–Kier alpha value is -2.74. The van der Waals surface area contributed by atoms with E-state index in [0.29, 0.717) is 25.9 Å². The Morgan fingerprint density at radius 3 is 2.43 bits per heavy atom. The lowest BCUT2D eigenvalue weighted by atomic mass is 9.94. The van der Waals surface area contributed by atoms with Gasteiger partial charge in [-0.25, -0.2) is 9.90 Å². The quantitative estimate of drug-likeness (QED) is 0.442. The van der Waals surface area contributed by atoms with Gasteiger partial charge in [0.2, 0.25) is 5.91 Å². The molecule has 8 nitrogen and oxygen atoms in total. The van der Waals surface area contributed by atoms with Crippen LogP contribution < -0.4 is 5.32 Å². The smallest absolute Gasteiger partial charge is 0.412 e. The molecule has 1 aliphatic rings. The lowest BCUT2D eigenvalue weighted by Crippen LogP contribution is -2.42. The van der Waals surface area contributed by atoms with Gasteiger partial charge in [-0.3, -0.25) is 20.3 Å². The molecule has 151 valence electrons. The topological polar surface area (TPSA) is 119 Å². The number of nitrogens with one attached hydrogen (secondary N) is 2. The van der Waals surface area contributed by atoms with Gasteiger partial charge < -0.3 is 9.64 Å². The first kappa shape index (κ1) is 21.6. The van der Waals surface area contributed by atoms with Crippen LogP contribution in [-0.4, -0.2) is 54.3 Å². The number of carbonyl (C=O) groups excluding carboxylic acids is 3. The molecule has 2 N–H and O–H groups in total. The Bertz CT molecular complexity index is 741. The fourth-order valence-corrected chi connectivity index (χ4v) is 3.14. The Morgan fingerprint density at radius 1 is 1.21 bits per heavy atom. The SMILES string of the molecule is CCOC(=O)NC(=N)c1ccccc1C(=O)CC(C)C(=O)N1CCC([O])CC1. The van der Waals surface area contributed by atoms with E-state index in [0.717, 1.165) is 0 Å². The second-order valence-corrected chi connectivity index (χ2v) is 6.82. The van der Waals surface area contributed by atoms with Crippen molar-refractivity contribution in [2.45, 2.75) is 39.2 Å². The van der Waals surface area contributed by atoms with Crippen LogP contribution in [0.1, 0.15) is 49.0 Å². The second-order valence-electron chi connectivity index (χ2n) is 6.82. The number of hydrogen-bond acceptors (Lipinski definition) is 5. The highest BCUT2D eigenvalue weighted by Crippen LogP contribution is 2.19. The van der Waals surface area contributed by atoms with Gasteiger partial charge in [-0.2, -0.15) is 0 Å². The molecular weight excluding hydrogens is 362 g/mol. The van der Waals surface area contributed by atoms with Crippen molar-refractivity contribution in [2.75, 3.05) is 19.7 Å². The first-order chi connectivity index (χ1) is 13.3. The molecular formula is C20H26N3O5. The zero-order valence-electron chi connectivity index (χ0n) is 16.2. The van der Waals surface area contributed by atoms with Crippen molar-refractivity contribution in [1.82, 2.24) is 10.2 Å². The van der Waals surface area contributed by atoms with E-state index in [1.807, 2.05) is 0 Å². The first-order valence-electron chi connectivity index (χ1n) is 9.43. The summed E-state index contributed by atoms with van der Waals surface area (Å²) in [5, 5.41) is 21.8. The molecule has 2 amide bonds. The number of amidine groups is 1. The minimum Gasteiger partial charge on any atom is -0.450 e. The van der Waals surface area contributed by atoms with Crippen LogP contribution >= 0.6 is 0 Å². The summed E-state index contributed by atoms with van der Waals surface area (Å²) in [4.78, 5) is 38.5. The van der Waals surface area contributed by atoms with Gasteiger partial charge in [-0.05, 0) is 19.8 Å². The molecule has 1 aromatic carbocycles. The third-order valence-electron chi connectivity index (χ3n) is 4.67. The summed E-state index contributed by atoms with van der Waals surface area (Å²) in [5.41, 5.74) is 0.537. The number of ether oxygens (including phenoxy) is 1. The van der Waals surface area contributed by atoms with E-state index in [2.05, 4.69) is 5.32 Å². The molecule has 0 saturated carbocycles. The lowest BCUT2D eigenvalue weighted by Gasteiger charge is -2.30. The number of carbonyl (C=O) groups is 3. The van der Waals surface area contributed by atoms with E-state index < -0.39 is 18.1 Å². The van der Waals surface area contributed by atoms with Crippen LogP contribution in [0.4, 0.5) is 4.79 Å². The second kappa shape index (κ2) is 9.98. The largest absolute Gasteiger partial charge is 0.450 e. The van der Waals surface area contributed by atoms with Crippen LogP contribution in [0.5, 0.6) is 0 Å². The predicted molar refractivity (Wildman–Crippen MR) is 102 cm³/mol. The molecule has 8 heteroatoms. The van der Waals surface area contributed by atoms with Gasteiger partial charge in [-0.1, -0.05) is 31.2 Å². The number of Topliss-reactive ketones (excluding diaryl/α,β-unsaturated/α-hetero) is 1. The van der Waals surface area contributed by atoms with Crippen molar-refractivity contribution in [3.63, 3.8) is 0 Å². The summed E-state index contributed by atoms with van der Waals surface area (Å²) in [6.07, 6.45) is -0.525. The number of amides is 2. The molecule has 1 fully saturated rings. The fraction of sp³-hybridized carbons (Fsp3) is 0.500. The minimum atomic E-state index is -0.764. The Morgan fingerprint density at radius 2 is 1.82 bits per heavy atom. The number of nitrogens with zero attached hydrogens (tertiary/aromatic N) is 1. The van der Waals surface area contributed by atoms with E-state index in [9.17, 15) is 19.5 Å². The van der Waals surface area contributed by atoms with Gasteiger partial charge in [0.1, 0.15) is 5.84 Å². The van der Waals surface area contributed by atoms with Crippen LogP contribution in [-0.2, 0) is 14.6 Å². The van der Waals surface area contributed by atoms with Crippen LogP contribution in [0.2, 0.25) is 0 Å². The summed E-state index contributed by atoms with van der Waals surface area (Å²) in [5.74, 6) is -1.20. The molecule has 2 rings (SSSR count). The van der Waals surface area contributed by atoms with E-state index in [1.54, 1.807) is 43.0 Å². The van der Waals surface area contributed by atoms with E-state index >= 15 is 0 Å². The number of hydrogen-bond donors (Lipinski definition) is 2. The third kappa shape index (κ3) is 5.63. The van der Waals surface area contributed by atoms with Gasteiger partial charge in [-0.15, -0.1) is 0 Å². The van der Waals surface area contributed by atoms with E-state index in [-0.39, 0.29) is 41.7 Å². The molecule has 0 spiro atoms. The summed E-state index contributed by atoms with van der Waals surface area (Å²) < 4.78 is 4.76. The van der Waals surface area contributed by atoms with Gasteiger partial charge in [0.15, 0.2) is 5.78 Å². The zero-order chi connectivity index (χ0) is 20.7. The highest BCUT2D eigenvalue weighted by Gasteiger charge is 2.28. The average Bonchev–Trinajstić information content (AvgIpc) is 2.68. The fourth-order valence-electron chi connectivity index (χ4n) is 3.14. The molecule has 1 radical (unpaired) electrons. The summed E-state index contributed by atoms with van der Waals surface area (Å²) in [6.45, 7) is 4.36. The standard InChI is InChI=1S/C20H26N3O5/c1-3-28-20(27)22-18(21)16-7-5-4-6-15(16)17(25)12-13(2)19(26)23-10-8-14(24)9-11-23/h4-7,13-14H,3,8-12H2,1-2H3,(H2,21,22,27). The molecule has 1 unspecified atom stereocenters. The average molecular weight is 388 g/mol. The Kier molecular flexibility index (Phi) is 7.69. The lowest BCUT2D eigenvalue weighted by molar-refractivity contribution is -0.137. The maximum atomic E-state index is 12.8. The van der Waals surface area contributed by atoms with Crippen LogP contribution in [0.3, 0.4) is 0 Å². The van der Waals surface area contributed by atoms with Crippen molar-refractivity contribution in [1.29, 1.82) is 5.41 Å². The van der Waals surface area contributed by atoms with Gasteiger partial charge in [0, 0.05) is 36.6 Å². The molecule has 0 aromatic heterocycles. The van der Waals surface area contributed by atoms with Crippen LogP contribution in [0, 0.1) is 11.3 Å². The maximum Gasteiger partial charge on any atom is 0.412 e.